The summed E-state index contributed by atoms with van der Waals surface area (Å²) in [7, 11) is 0. The minimum absolute atomic E-state index is 0. The van der Waals surface area contributed by atoms with Crippen molar-refractivity contribution in [3.05, 3.63) is 82.0 Å². The quantitative estimate of drug-likeness (QED) is 0.366. The molecule has 2 aromatic carbocycles. The average Bonchev–Trinajstić information content (AvgIpc) is 2.98. The monoisotopic (exact) mass is 474 g/mol. The molecule has 0 saturated carbocycles. The lowest BCUT2D eigenvalue weighted by Crippen LogP contribution is -2.14. The molecule has 2 nitrogen and oxygen atoms in total. The number of nitrogens with zero attached hydrogens (tertiary/aromatic N) is 2. The molecule has 0 spiro atoms. The lowest BCUT2D eigenvalue weighted by molar-refractivity contribution is -0.137. The Hall–Kier alpha value is -1.83. The van der Waals surface area contributed by atoms with Gasteiger partial charge in [0.1, 0.15) is 0 Å². The molecule has 0 saturated heterocycles. The van der Waals surface area contributed by atoms with Crippen LogP contribution in [0.1, 0.15) is 5.56 Å². The van der Waals surface area contributed by atoms with E-state index in [1.165, 1.54) is 17.4 Å². The number of benzene rings is 2. The molecular weight excluding hydrogens is 461 g/mol. The van der Waals surface area contributed by atoms with Gasteiger partial charge in [0.25, 0.3) is 0 Å². The van der Waals surface area contributed by atoms with Crippen molar-refractivity contribution in [3.63, 3.8) is 0 Å². The summed E-state index contributed by atoms with van der Waals surface area (Å²) in [5.41, 5.74) is 1.38. The largest absolute Gasteiger partial charge is 0.416 e. The van der Waals surface area contributed by atoms with Gasteiger partial charge in [-0.2, -0.15) is 13.2 Å². The Morgan fingerprint density at radius 3 is 2.48 bits per heavy atom. The summed E-state index contributed by atoms with van der Waals surface area (Å²) < 4.78 is 40.6. The second kappa shape index (κ2) is 8.91. The van der Waals surface area contributed by atoms with Gasteiger partial charge in [0.05, 0.1) is 16.9 Å². The van der Waals surface area contributed by atoms with E-state index >= 15 is 0 Å². The fraction of sp³-hybridized carbons (Fsp3) is 0.105. The van der Waals surface area contributed by atoms with E-state index in [0.29, 0.717) is 16.4 Å². The number of aromatic nitrogens is 1. The molecule has 8 heteroatoms. The Kier molecular flexibility index (Phi) is 7.08. The van der Waals surface area contributed by atoms with Gasteiger partial charge < -0.3 is 4.57 Å². The van der Waals surface area contributed by atoms with Crippen LogP contribution in [0.3, 0.4) is 0 Å². The summed E-state index contributed by atoms with van der Waals surface area (Å²) in [6, 6.07) is 12.3. The molecule has 0 radical (unpaired) electrons. The number of rotatable bonds is 4. The van der Waals surface area contributed by atoms with Crippen LogP contribution in [0.2, 0.25) is 5.02 Å². The van der Waals surface area contributed by atoms with Gasteiger partial charge >= 0.3 is 6.18 Å². The van der Waals surface area contributed by atoms with Crippen molar-refractivity contribution in [2.24, 2.45) is 4.99 Å². The van der Waals surface area contributed by atoms with E-state index in [-0.39, 0.29) is 22.7 Å². The summed E-state index contributed by atoms with van der Waals surface area (Å²) in [5, 5.41) is 2.55. The van der Waals surface area contributed by atoms with Crippen LogP contribution in [0.15, 0.2) is 71.6 Å². The zero-order valence-electron chi connectivity index (χ0n) is 13.9. The molecule has 0 unspecified atom stereocenters. The summed E-state index contributed by atoms with van der Waals surface area (Å²) >= 11 is 7.29. The maximum Gasteiger partial charge on any atom is 0.416 e. The first-order chi connectivity index (χ1) is 12.4. The Balaban J connectivity index is 0.00000261. The molecule has 0 aliphatic rings. The molecule has 0 aliphatic heterocycles. The molecule has 0 amide bonds. The molecule has 0 N–H and O–H groups in total. The standard InChI is InChI=1S/C19H14ClF3N2S.BrH/c1-2-10-25-17(13-6-8-15(20)9-7-13)12-26-18(25)24-16-5-3-4-14(11-16)19(21,22)23;/h2-9,11-12H,1,10H2;1H. The minimum Gasteiger partial charge on any atom is -0.313 e. The number of alkyl halides is 3. The zero-order valence-corrected chi connectivity index (χ0v) is 17.2. The fourth-order valence-electron chi connectivity index (χ4n) is 2.44. The minimum atomic E-state index is -4.40. The van der Waals surface area contributed by atoms with E-state index in [0.717, 1.165) is 23.4 Å². The van der Waals surface area contributed by atoms with Gasteiger partial charge in [-0.05, 0) is 35.9 Å². The van der Waals surface area contributed by atoms with Crippen LogP contribution in [-0.4, -0.2) is 4.57 Å². The van der Waals surface area contributed by atoms with Crippen molar-refractivity contribution in [1.82, 2.24) is 4.57 Å². The number of thiazole rings is 1. The third-order valence-corrected chi connectivity index (χ3v) is 4.76. The summed E-state index contributed by atoms with van der Waals surface area (Å²) in [5.74, 6) is 0. The molecule has 3 rings (SSSR count). The molecule has 0 aliphatic carbocycles. The van der Waals surface area contributed by atoms with Crippen LogP contribution in [0.5, 0.6) is 0 Å². The molecule has 0 atom stereocenters. The van der Waals surface area contributed by atoms with Gasteiger partial charge in [-0.15, -0.1) is 34.9 Å². The second-order valence-electron chi connectivity index (χ2n) is 5.47. The van der Waals surface area contributed by atoms with Gasteiger partial charge in [-0.25, -0.2) is 4.99 Å². The summed E-state index contributed by atoms with van der Waals surface area (Å²) in [4.78, 5) is 5.00. The first-order valence-corrected chi connectivity index (χ1v) is 8.91. The Morgan fingerprint density at radius 2 is 1.85 bits per heavy atom. The Morgan fingerprint density at radius 1 is 1.15 bits per heavy atom. The predicted octanol–water partition coefficient (Wildman–Crippen LogP) is 6.89. The van der Waals surface area contributed by atoms with Crippen LogP contribution in [0.4, 0.5) is 18.9 Å². The molecule has 0 bridgehead atoms. The van der Waals surface area contributed by atoms with Crippen molar-refractivity contribution in [2.75, 3.05) is 0 Å². The highest BCUT2D eigenvalue weighted by Crippen LogP contribution is 2.31. The SMILES string of the molecule is Br.C=CCn1c(-c2ccc(Cl)cc2)csc1=Nc1cccc(C(F)(F)F)c1. The van der Waals surface area contributed by atoms with E-state index in [4.69, 9.17) is 11.6 Å². The molecule has 1 heterocycles. The van der Waals surface area contributed by atoms with E-state index in [1.807, 2.05) is 22.1 Å². The van der Waals surface area contributed by atoms with Gasteiger partial charge in [0.15, 0.2) is 4.80 Å². The third kappa shape index (κ3) is 5.12. The van der Waals surface area contributed by atoms with Crippen molar-refractivity contribution < 1.29 is 13.2 Å². The van der Waals surface area contributed by atoms with Crippen molar-refractivity contribution >= 4 is 45.6 Å². The van der Waals surface area contributed by atoms with E-state index in [1.54, 1.807) is 24.3 Å². The van der Waals surface area contributed by atoms with Crippen LogP contribution in [0, 0.1) is 0 Å². The zero-order chi connectivity index (χ0) is 18.7. The first-order valence-electron chi connectivity index (χ1n) is 7.65. The summed E-state index contributed by atoms with van der Waals surface area (Å²) in [6.07, 6.45) is -2.68. The van der Waals surface area contributed by atoms with Gasteiger partial charge in [-0.3, -0.25) is 0 Å². The Bertz CT molecular complexity index is 991. The van der Waals surface area contributed by atoms with Gasteiger partial charge in [-0.1, -0.05) is 35.9 Å². The van der Waals surface area contributed by atoms with Crippen molar-refractivity contribution in [1.29, 1.82) is 0 Å². The first kappa shape index (κ1) is 21.5. The van der Waals surface area contributed by atoms with E-state index < -0.39 is 11.7 Å². The molecule has 0 fully saturated rings. The van der Waals surface area contributed by atoms with Crippen LogP contribution in [-0.2, 0) is 12.7 Å². The molecule has 3 aromatic rings. The number of hydrogen-bond donors (Lipinski definition) is 0. The molecular formula is C19H15BrClF3N2S. The van der Waals surface area contributed by atoms with Gasteiger partial charge in [0.2, 0.25) is 0 Å². The highest BCUT2D eigenvalue weighted by Gasteiger charge is 2.30. The van der Waals surface area contributed by atoms with Crippen LogP contribution >= 0.6 is 39.9 Å². The van der Waals surface area contributed by atoms with Crippen molar-refractivity contribution in [2.45, 2.75) is 12.7 Å². The smallest absolute Gasteiger partial charge is 0.313 e. The molecule has 1 aromatic heterocycles. The normalized spacial score (nSPS) is 11.9. The molecule has 142 valence electrons. The van der Waals surface area contributed by atoms with E-state index in [9.17, 15) is 13.2 Å². The van der Waals surface area contributed by atoms with Gasteiger partial charge in [0, 0.05) is 16.9 Å². The highest BCUT2D eigenvalue weighted by atomic mass is 79.9. The second-order valence-corrected chi connectivity index (χ2v) is 6.74. The fourth-order valence-corrected chi connectivity index (χ4v) is 3.50. The van der Waals surface area contributed by atoms with E-state index in [2.05, 4.69) is 11.6 Å². The summed E-state index contributed by atoms with van der Waals surface area (Å²) in [6.45, 7) is 4.24. The maximum atomic E-state index is 12.9. The maximum absolute atomic E-state index is 12.9. The lowest BCUT2D eigenvalue weighted by Gasteiger charge is -2.08. The third-order valence-electron chi connectivity index (χ3n) is 3.65. The topological polar surface area (TPSA) is 17.3 Å². The lowest BCUT2D eigenvalue weighted by atomic mass is 10.2. The number of halogens is 5. The number of allylic oxidation sites excluding steroid dienone is 1. The average molecular weight is 476 g/mol. The highest BCUT2D eigenvalue weighted by molar-refractivity contribution is 8.93. The molecule has 27 heavy (non-hydrogen) atoms. The van der Waals surface area contributed by atoms with Crippen LogP contribution in [0.25, 0.3) is 11.3 Å². The number of hydrogen-bond acceptors (Lipinski definition) is 2. The Labute approximate surface area is 174 Å². The van der Waals surface area contributed by atoms with Crippen LogP contribution < -0.4 is 4.80 Å². The predicted molar refractivity (Wildman–Crippen MR) is 110 cm³/mol. The van der Waals surface area contributed by atoms with Crippen molar-refractivity contribution in [3.8, 4) is 11.3 Å².